The first-order valence-corrected chi connectivity index (χ1v) is 10.8. The number of nitriles is 1. The van der Waals surface area contributed by atoms with Crippen LogP contribution in [-0.4, -0.2) is 32.8 Å². The molecule has 1 atom stereocenters. The fourth-order valence-electron chi connectivity index (χ4n) is 3.23. The van der Waals surface area contributed by atoms with Crippen LogP contribution in [0.3, 0.4) is 0 Å². The predicted octanol–water partition coefficient (Wildman–Crippen LogP) is 4.03. The number of hydrogen-bond donors (Lipinski definition) is 1. The number of halogens is 3. The number of rotatable bonds is 4. The number of nitrogens with zero attached hydrogens (tertiary/aromatic N) is 5. The Labute approximate surface area is 171 Å². The molecule has 2 aromatic rings. The molecule has 0 bridgehead atoms. The van der Waals surface area contributed by atoms with Gasteiger partial charge in [0, 0.05) is 25.2 Å². The molecule has 0 radical (unpaired) electrons. The summed E-state index contributed by atoms with van der Waals surface area (Å²) in [6.07, 6.45) is -0.928. The first-order valence-electron chi connectivity index (χ1n) is 9.16. The number of alkyl halides is 3. The van der Waals surface area contributed by atoms with Crippen molar-refractivity contribution in [2.24, 2.45) is 9.36 Å². The molecule has 0 spiro atoms. The van der Waals surface area contributed by atoms with Gasteiger partial charge in [-0.3, -0.25) is 4.98 Å². The van der Waals surface area contributed by atoms with Crippen molar-refractivity contribution >= 4 is 27.1 Å². The molecule has 0 saturated heterocycles. The fourth-order valence-corrected chi connectivity index (χ4v) is 4.94. The Kier molecular flexibility index (Phi) is 4.58. The van der Waals surface area contributed by atoms with E-state index in [2.05, 4.69) is 30.7 Å². The molecule has 2 aromatic heterocycles. The number of hydrogen-bond acceptors (Lipinski definition) is 6. The summed E-state index contributed by atoms with van der Waals surface area (Å²) in [5.74, 6) is 0.298. The van der Waals surface area contributed by atoms with E-state index in [1.54, 1.807) is 13.0 Å². The molecular weight excluding hydrogens is 417 g/mol. The lowest BCUT2D eigenvalue weighted by atomic mass is 9.99. The highest BCUT2D eigenvalue weighted by Gasteiger charge is 2.46. The van der Waals surface area contributed by atoms with Crippen molar-refractivity contribution < 1.29 is 17.4 Å². The monoisotopic (exact) mass is 434 g/mol. The highest BCUT2D eigenvalue weighted by atomic mass is 32.2. The lowest BCUT2D eigenvalue weighted by molar-refractivity contribution is -0.137. The average Bonchev–Trinajstić information content (AvgIpc) is 3.48. The Balaban J connectivity index is 1.88. The van der Waals surface area contributed by atoms with Crippen molar-refractivity contribution in [3.63, 3.8) is 0 Å². The van der Waals surface area contributed by atoms with Gasteiger partial charge in [0.15, 0.2) is 11.7 Å². The van der Waals surface area contributed by atoms with Crippen LogP contribution < -0.4 is 5.32 Å². The van der Waals surface area contributed by atoms with Gasteiger partial charge in [-0.2, -0.15) is 22.8 Å². The third-order valence-electron chi connectivity index (χ3n) is 5.21. The number of pyridine rings is 2. The molecule has 1 unspecified atom stereocenters. The van der Waals surface area contributed by atoms with Crippen molar-refractivity contribution in [2.45, 2.75) is 36.3 Å². The van der Waals surface area contributed by atoms with Gasteiger partial charge in [-0.25, -0.2) is 14.2 Å². The smallest absolute Gasteiger partial charge is 0.371 e. The van der Waals surface area contributed by atoms with Gasteiger partial charge in [0.1, 0.15) is 11.4 Å². The zero-order valence-electron chi connectivity index (χ0n) is 16.1. The van der Waals surface area contributed by atoms with Gasteiger partial charge in [-0.15, -0.1) is 0 Å². The number of aromatic nitrogens is 2. The number of anilines is 1. The van der Waals surface area contributed by atoms with E-state index in [1.165, 1.54) is 13.2 Å². The van der Waals surface area contributed by atoms with Gasteiger partial charge in [0.05, 0.1) is 31.7 Å². The largest absolute Gasteiger partial charge is 0.417 e. The number of amidine groups is 1. The van der Waals surface area contributed by atoms with Crippen LogP contribution >= 0.6 is 0 Å². The first kappa shape index (κ1) is 20.3. The summed E-state index contributed by atoms with van der Waals surface area (Å²) in [5.41, 5.74) is -0.723. The van der Waals surface area contributed by atoms with E-state index in [0.29, 0.717) is 29.5 Å². The van der Waals surface area contributed by atoms with Crippen LogP contribution in [0.4, 0.5) is 24.7 Å². The minimum atomic E-state index is -4.58. The molecule has 1 saturated carbocycles. The molecule has 1 aliphatic heterocycles. The molecule has 0 amide bonds. The average molecular weight is 434 g/mol. The summed E-state index contributed by atoms with van der Waals surface area (Å²) in [6.45, 7) is 1.70. The van der Waals surface area contributed by atoms with Gasteiger partial charge < -0.3 is 5.32 Å². The third-order valence-corrected chi connectivity index (χ3v) is 7.46. The van der Waals surface area contributed by atoms with Crippen molar-refractivity contribution in [1.82, 2.24) is 9.97 Å². The number of aliphatic imine (C=N–C) groups is 1. The van der Waals surface area contributed by atoms with Crippen LogP contribution in [0.1, 0.15) is 36.6 Å². The van der Waals surface area contributed by atoms with Crippen LogP contribution in [0.2, 0.25) is 0 Å². The SMILES string of the molecule is CCS1(=O)=NC(=Nc2cc(C(F)(F)F)cnc2NC)c2ncc(C3(C#N)CC3)cc21. The Bertz CT molecular complexity index is 1230. The zero-order valence-corrected chi connectivity index (χ0v) is 16.9. The van der Waals surface area contributed by atoms with Crippen molar-refractivity contribution in [3.05, 3.63) is 41.3 Å². The van der Waals surface area contributed by atoms with Crippen LogP contribution in [0.25, 0.3) is 0 Å². The molecule has 2 aliphatic rings. The van der Waals surface area contributed by atoms with Crippen molar-refractivity contribution in [1.29, 1.82) is 5.26 Å². The van der Waals surface area contributed by atoms with Crippen LogP contribution in [0.15, 0.2) is 38.8 Å². The molecule has 1 aliphatic carbocycles. The second-order valence-electron chi connectivity index (χ2n) is 7.06. The Hall–Kier alpha value is -3.00. The van der Waals surface area contributed by atoms with Crippen LogP contribution in [0, 0.1) is 11.3 Å². The fraction of sp³-hybridized carbons (Fsp3) is 0.368. The standard InChI is InChI=1S/C19H17F3N6OS/c1-3-30(29)14-7-11(18(10-23)4-5-18)8-25-15(14)17(28-30)27-13-6-12(19(20,21)22)9-26-16(13)24-2/h6-9H,3-5H2,1-2H3,(H,24,26). The molecule has 30 heavy (non-hydrogen) atoms. The lowest BCUT2D eigenvalue weighted by Crippen LogP contribution is -2.09. The maximum atomic E-state index is 13.4. The van der Waals surface area contributed by atoms with E-state index < -0.39 is 26.9 Å². The van der Waals surface area contributed by atoms with Crippen molar-refractivity contribution in [3.8, 4) is 6.07 Å². The summed E-state index contributed by atoms with van der Waals surface area (Å²) >= 11 is 0. The van der Waals surface area contributed by atoms with E-state index in [9.17, 15) is 22.6 Å². The Morgan fingerprint density at radius 1 is 1.30 bits per heavy atom. The van der Waals surface area contributed by atoms with Crippen LogP contribution in [0.5, 0.6) is 0 Å². The van der Waals surface area contributed by atoms with Gasteiger partial charge in [-0.05, 0) is 30.5 Å². The highest BCUT2D eigenvalue weighted by Crippen LogP contribution is 2.48. The van der Waals surface area contributed by atoms with Crippen molar-refractivity contribution in [2.75, 3.05) is 18.1 Å². The Morgan fingerprint density at radius 3 is 2.60 bits per heavy atom. The minimum absolute atomic E-state index is 0.0113. The molecule has 156 valence electrons. The second-order valence-corrected chi connectivity index (χ2v) is 9.54. The summed E-state index contributed by atoms with van der Waals surface area (Å²) in [5, 5.41) is 12.1. The van der Waals surface area contributed by atoms with Crippen LogP contribution in [-0.2, 0) is 21.3 Å². The topological polar surface area (TPSA) is 103 Å². The normalized spacial score (nSPS) is 22.9. The van der Waals surface area contributed by atoms with E-state index in [4.69, 9.17) is 0 Å². The van der Waals surface area contributed by atoms with Gasteiger partial charge in [0.2, 0.25) is 0 Å². The zero-order chi connectivity index (χ0) is 21.7. The molecule has 3 heterocycles. The molecule has 1 fully saturated rings. The highest BCUT2D eigenvalue weighted by molar-refractivity contribution is 7.94. The van der Waals surface area contributed by atoms with E-state index in [1.807, 2.05) is 0 Å². The van der Waals surface area contributed by atoms with Gasteiger partial charge >= 0.3 is 6.18 Å². The number of fused-ring (bicyclic) bond motifs is 1. The summed E-state index contributed by atoms with van der Waals surface area (Å²) in [6, 6.07) is 4.81. The molecule has 0 aromatic carbocycles. The van der Waals surface area contributed by atoms with E-state index in [0.717, 1.165) is 6.07 Å². The Morgan fingerprint density at radius 2 is 2.03 bits per heavy atom. The predicted molar refractivity (Wildman–Crippen MR) is 105 cm³/mol. The number of nitrogens with one attached hydrogen (secondary N) is 1. The van der Waals surface area contributed by atoms with E-state index >= 15 is 0 Å². The van der Waals surface area contributed by atoms with Gasteiger partial charge in [0.25, 0.3) is 0 Å². The van der Waals surface area contributed by atoms with E-state index in [-0.39, 0.29) is 28.8 Å². The molecular formula is C19H17F3N6OS. The molecule has 4 rings (SSSR count). The summed E-state index contributed by atoms with van der Waals surface area (Å²) in [4.78, 5) is 12.7. The quantitative estimate of drug-likeness (QED) is 0.783. The first-order chi connectivity index (χ1) is 14.2. The molecule has 7 nitrogen and oxygen atoms in total. The van der Waals surface area contributed by atoms with Gasteiger partial charge in [-0.1, -0.05) is 6.92 Å². The lowest BCUT2D eigenvalue weighted by Gasteiger charge is -2.10. The summed E-state index contributed by atoms with van der Waals surface area (Å²) < 4.78 is 56.9. The maximum Gasteiger partial charge on any atom is 0.417 e. The molecule has 1 N–H and O–H groups in total. The summed E-state index contributed by atoms with van der Waals surface area (Å²) in [7, 11) is -1.37. The minimum Gasteiger partial charge on any atom is -0.371 e. The maximum absolute atomic E-state index is 13.4. The third kappa shape index (κ3) is 3.21. The second kappa shape index (κ2) is 6.77. The molecule has 11 heteroatoms.